The Kier molecular flexibility index (Phi) is 35.3. The van der Waals surface area contributed by atoms with Crippen LogP contribution in [0.4, 0.5) is 0 Å². The molecule has 12 nitrogen and oxygen atoms in total. The van der Waals surface area contributed by atoms with Gasteiger partial charge in [0.15, 0.2) is 0 Å². The number of carbonyl (C=O) groups excluding carboxylic acids is 1. The maximum atomic E-state index is 12.8. The molecule has 58 heavy (non-hydrogen) atoms. The molecule has 1 saturated carbocycles. The maximum Gasteiger partial charge on any atom is 0.472 e. The second-order valence-electron chi connectivity index (χ2n) is 17.0. The van der Waals surface area contributed by atoms with Gasteiger partial charge in [0.2, 0.25) is 0 Å². The van der Waals surface area contributed by atoms with E-state index >= 15 is 0 Å². The Balaban J connectivity index is 2.36. The summed E-state index contributed by atoms with van der Waals surface area (Å²) in [7, 11) is -5.01. The molecule has 0 bridgehead atoms. The molecule has 1 aliphatic rings. The van der Waals surface area contributed by atoms with Crippen LogP contribution in [0.25, 0.3) is 0 Å². The number of phosphoric acid groups is 1. The number of carbonyl (C=O) groups is 1. The number of aliphatic hydroxyl groups is 5. The van der Waals surface area contributed by atoms with Crippen LogP contribution in [0.1, 0.15) is 219 Å². The van der Waals surface area contributed by atoms with Gasteiger partial charge in [-0.3, -0.25) is 13.8 Å². The lowest BCUT2D eigenvalue weighted by Crippen LogP contribution is -2.64. The van der Waals surface area contributed by atoms with Crippen LogP contribution >= 0.6 is 7.82 Å². The number of hydrogen-bond donors (Lipinski definition) is 6. The van der Waals surface area contributed by atoms with E-state index in [4.69, 9.17) is 18.5 Å². The summed E-state index contributed by atoms with van der Waals surface area (Å²) in [6.45, 7) is 4.30. The van der Waals surface area contributed by atoms with Gasteiger partial charge in [-0.25, -0.2) is 4.57 Å². The van der Waals surface area contributed by atoms with Crippen LogP contribution in [0.15, 0.2) is 0 Å². The Bertz CT molecular complexity index is 973. The van der Waals surface area contributed by atoms with Crippen LogP contribution in [0.5, 0.6) is 0 Å². The van der Waals surface area contributed by atoms with Crippen molar-refractivity contribution in [3.63, 3.8) is 0 Å². The molecule has 0 aromatic heterocycles. The third-order valence-corrected chi connectivity index (χ3v) is 12.5. The zero-order valence-corrected chi connectivity index (χ0v) is 37.8. The number of hydrogen-bond acceptors (Lipinski definition) is 11. The zero-order valence-electron chi connectivity index (χ0n) is 36.9. The summed E-state index contributed by atoms with van der Waals surface area (Å²) in [4.78, 5) is 23.2. The molecule has 0 spiro atoms. The molecule has 6 unspecified atom stereocenters. The second kappa shape index (κ2) is 36.9. The third-order valence-electron chi connectivity index (χ3n) is 11.5. The molecule has 1 rings (SSSR count). The Labute approximate surface area is 353 Å². The maximum absolute atomic E-state index is 12.8. The van der Waals surface area contributed by atoms with Crippen LogP contribution in [0, 0.1) is 0 Å². The molecule has 1 aliphatic carbocycles. The van der Waals surface area contributed by atoms with E-state index in [-0.39, 0.29) is 13.0 Å². The average molecular weight is 853 g/mol. The summed E-state index contributed by atoms with van der Waals surface area (Å²) in [6, 6.07) is 0. The lowest BCUT2D eigenvalue weighted by molar-refractivity contribution is -0.220. The van der Waals surface area contributed by atoms with E-state index in [1.807, 2.05) is 0 Å². The fourth-order valence-corrected chi connectivity index (χ4v) is 8.62. The molecular formula is C45H89O12P. The van der Waals surface area contributed by atoms with Gasteiger partial charge in [-0.15, -0.1) is 0 Å². The third kappa shape index (κ3) is 28.8. The van der Waals surface area contributed by atoms with Crippen LogP contribution in [-0.2, 0) is 27.9 Å². The van der Waals surface area contributed by atoms with Crippen molar-refractivity contribution in [2.45, 2.75) is 262 Å². The van der Waals surface area contributed by atoms with E-state index in [9.17, 15) is 39.8 Å². The minimum absolute atomic E-state index is 0.0678. The number of ether oxygens (including phenoxy) is 2. The monoisotopic (exact) mass is 853 g/mol. The molecule has 346 valence electrons. The number of rotatable bonds is 41. The molecule has 0 saturated heterocycles. The van der Waals surface area contributed by atoms with Gasteiger partial charge >= 0.3 is 13.8 Å². The van der Waals surface area contributed by atoms with Crippen LogP contribution in [0.2, 0.25) is 0 Å². The van der Waals surface area contributed by atoms with E-state index in [2.05, 4.69) is 13.8 Å². The van der Waals surface area contributed by atoms with Crippen LogP contribution in [-0.4, -0.2) is 98.9 Å². The first-order chi connectivity index (χ1) is 28.0. The molecule has 0 radical (unpaired) electrons. The first-order valence-electron chi connectivity index (χ1n) is 23.9. The molecule has 0 aromatic carbocycles. The standard InChI is InChI=1S/C45H89O12P/c1-3-5-7-9-11-13-15-17-19-21-23-25-27-29-31-33-35-54-36-38(37-55-58(52,53)57-45-43(50)41(48)40(47)42(49)44(45)51)56-39(46)34-32-30-28-26-24-22-20-18-16-14-12-10-8-6-4-2/h38,40-45,47-51H,3-37H2,1-2H3,(H,52,53). The van der Waals surface area contributed by atoms with Crippen molar-refractivity contribution in [2.24, 2.45) is 0 Å². The minimum Gasteiger partial charge on any atom is -0.457 e. The lowest BCUT2D eigenvalue weighted by atomic mass is 9.85. The smallest absolute Gasteiger partial charge is 0.457 e. The van der Waals surface area contributed by atoms with Gasteiger partial charge in [-0.1, -0.05) is 200 Å². The Morgan fingerprint density at radius 2 is 0.810 bits per heavy atom. The largest absolute Gasteiger partial charge is 0.472 e. The van der Waals surface area contributed by atoms with E-state index < -0.39 is 63.1 Å². The van der Waals surface area contributed by atoms with E-state index in [1.165, 1.54) is 154 Å². The average Bonchev–Trinajstić information content (AvgIpc) is 3.21. The molecule has 0 aromatic rings. The molecule has 0 aliphatic heterocycles. The quantitative estimate of drug-likeness (QED) is 0.0194. The Morgan fingerprint density at radius 1 is 0.483 bits per heavy atom. The fraction of sp³-hybridized carbons (Fsp3) is 0.978. The highest BCUT2D eigenvalue weighted by Crippen LogP contribution is 2.47. The zero-order chi connectivity index (χ0) is 42.7. The molecule has 0 heterocycles. The summed E-state index contributed by atoms with van der Waals surface area (Å²) < 4.78 is 34.2. The van der Waals surface area contributed by atoms with Crippen LogP contribution < -0.4 is 0 Å². The summed E-state index contributed by atoms with van der Waals surface area (Å²) in [5.41, 5.74) is 0. The van der Waals surface area contributed by atoms with E-state index in [0.29, 0.717) is 13.0 Å². The second-order valence-corrected chi connectivity index (χ2v) is 18.4. The predicted molar refractivity (Wildman–Crippen MR) is 230 cm³/mol. The van der Waals surface area contributed by atoms with Crippen LogP contribution in [0.3, 0.4) is 0 Å². The summed E-state index contributed by atoms with van der Waals surface area (Å²) in [6.07, 6.45) is 25.9. The Hall–Kier alpha value is -0.660. The number of phosphoric ester groups is 1. The van der Waals surface area contributed by atoms with Crippen molar-refractivity contribution in [2.75, 3.05) is 19.8 Å². The predicted octanol–water partition coefficient (Wildman–Crippen LogP) is 9.76. The fourth-order valence-electron chi connectivity index (χ4n) is 7.65. The van der Waals surface area contributed by atoms with Gasteiger partial charge in [0.05, 0.1) is 13.2 Å². The lowest BCUT2D eigenvalue weighted by Gasteiger charge is -2.41. The van der Waals surface area contributed by atoms with Gasteiger partial charge in [-0.2, -0.15) is 0 Å². The summed E-state index contributed by atoms with van der Waals surface area (Å²) >= 11 is 0. The molecule has 1 fully saturated rings. The first-order valence-corrected chi connectivity index (χ1v) is 25.4. The number of aliphatic hydroxyl groups excluding tert-OH is 5. The van der Waals surface area contributed by atoms with E-state index in [0.717, 1.165) is 38.5 Å². The van der Waals surface area contributed by atoms with Crippen molar-refractivity contribution in [1.82, 2.24) is 0 Å². The van der Waals surface area contributed by atoms with Crippen molar-refractivity contribution < 1.29 is 58.3 Å². The van der Waals surface area contributed by atoms with Crippen molar-refractivity contribution >= 4 is 13.8 Å². The molecule has 6 atom stereocenters. The minimum atomic E-state index is -5.01. The molecule has 13 heteroatoms. The van der Waals surface area contributed by atoms with Gasteiger partial charge in [0.25, 0.3) is 0 Å². The molecular weight excluding hydrogens is 763 g/mol. The molecule has 6 N–H and O–H groups in total. The van der Waals surface area contributed by atoms with Gasteiger partial charge < -0.3 is 39.9 Å². The van der Waals surface area contributed by atoms with Gasteiger partial charge in [-0.05, 0) is 12.8 Å². The van der Waals surface area contributed by atoms with Crippen molar-refractivity contribution in [3.05, 3.63) is 0 Å². The van der Waals surface area contributed by atoms with E-state index in [1.54, 1.807) is 0 Å². The normalized spacial score (nSPS) is 22.6. The highest BCUT2D eigenvalue weighted by Gasteiger charge is 2.51. The Morgan fingerprint density at radius 3 is 1.19 bits per heavy atom. The summed E-state index contributed by atoms with van der Waals surface area (Å²) in [5, 5.41) is 50.2. The van der Waals surface area contributed by atoms with Gasteiger partial charge in [0, 0.05) is 13.0 Å². The SMILES string of the molecule is CCCCCCCCCCCCCCCCCCOCC(COP(=O)(O)OC1C(O)C(O)C(O)C(O)C1O)OC(=O)CCCCCCCCCCCCCCCCC. The van der Waals surface area contributed by atoms with Crippen molar-refractivity contribution in [1.29, 1.82) is 0 Å². The molecule has 0 amide bonds. The number of unbranched alkanes of at least 4 members (excludes halogenated alkanes) is 29. The highest BCUT2D eigenvalue weighted by molar-refractivity contribution is 7.47. The topological polar surface area (TPSA) is 192 Å². The first kappa shape index (κ1) is 55.4. The van der Waals surface area contributed by atoms with Crippen molar-refractivity contribution in [3.8, 4) is 0 Å². The van der Waals surface area contributed by atoms with Gasteiger partial charge in [0.1, 0.15) is 42.7 Å². The number of esters is 1. The summed E-state index contributed by atoms with van der Waals surface area (Å²) in [5.74, 6) is -0.471. The highest BCUT2D eigenvalue weighted by atomic mass is 31.2.